The maximum atomic E-state index is 10.8. The Morgan fingerprint density at radius 2 is 1.65 bits per heavy atom. The minimum absolute atomic E-state index is 0.155. The van der Waals surface area contributed by atoms with Gasteiger partial charge in [0.2, 0.25) is 0 Å². The SMILES string of the molecule is NCC(=O)CN1CCCC1.O=C(O)C(F)(F)F. The van der Waals surface area contributed by atoms with Crippen LogP contribution in [-0.2, 0) is 9.59 Å². The minimum Gasteiger partial charge on any atom is -0.475 e. The van der Waals surface area contributed by atoms with Crippen molar-refractivity contribution >= 4 is 11.8 Å². The van der Waals surface area contributed by atoms with Crippen molar-refractivity contribution < 1.29 is 27.9 Å². The Kier molecular flexibility index (Phi) is 6.74. The lowest BCUT2D eigenvalue weighted by atomic mass is 10.4. The molecule has 1 saturated heterocycles. The molecule has 0 saturated carbocycles. The number of aliphatic carboxylic acids is 1. The van der Waals surface area contributed by atoms with Gasteiger partial charge < -0.3 is 10.8 Å². The molecule has 1 heterocycles. The second-order valence-corrected chi connectivity index (χ2v) is 3.53. The first-order valence-electron chi connectivity index (χ1n) is 5.01. The van der Waals surface area contributed by atoms with Gasteiger partial charge in [-0.1, -0.05) is 0 Å². The predicted octanol–water partition coefficient (Wildman–Crippen LogP) is 0.243. The molecule has 17 heavy (non-hydrogen) atoms. The largest absolute Gasteiger partial charge is 0.490 e. The highest BCUT2D eigenvalue weighted by atomic mass is 19.4. The molecular weight excluding hydrogens is 241 g/mol. The number of carboxylic acids is 1. The summed E-state index contributed by atoms with van der Waals surface area (Å²) in [5.74, 6) is -2.60. The van der Waals surface area contributed by atoms with Crippen LogP contribution in [0.4, 0.5) is 13.2 Å². The first-order valence-corrected chi connectivity index (χ1v) is 5.01. The third-order valence-electron chi connectivity index (χ3n) is 2.07. The number of likely N-dealkylation sites (tertiary alicyclic amines) is 1. The van der Waals surface area contributed by atoms with Gasteiger partial charge in [-0.2, -0.15) is 13.2 Å². The van der Waals surface area contributed by atoms with E-state index < -0.39 is 12.1 Å². The van der Waals surface area contributed by atoms with Crippen molar-refractivity contribution in [2.24, 2.45) is 5.73 Å². The van der Waals surface area contributed by atoms with E-state index in [0.29, 0.717) is 6.54 Å². The van der Waals surface area contributed by atoms with Gasteiger partial charge in [0.05, 0.1) is 13.1 Å². The Balaban J connectivity index is 0.000000325. The van der Waals surface area contributed by atoms with Crippen LogP contribution >= 0.6 is 0 Å². The Hall–Kier alpha value is -1.15. The number of carbonyl (C=O) groups excluding carboxylic acids is 1. The zero-order chi connectivity index (χ0) is 13.5. The van der Waals surface area contributed by atoms with Gasteiger partial charge in [-0.05, 0) is 25.9 Å². The molecule has 5 nitrogen and oxygen atoms in total. The molecule has 1 aliphatic rings. The fourth-order valence-electron chi connectivity index (χ4n) is 1.25. The standard InChI is InChI=1S/C7H14N2O.C2HF3O2/c8-5-7(10)6-9-3-1-2-4-9;3-2(4,5)1(6)7/h1-6,8H2;(H,6,7). The van der Waals surface area contributed by atoms with Gasteiger partial charge >= 0.3 is 12.1 Å². The molecule has 0 amide bonds. The van der Waals surface area contributed by atoms with Gasteiger partial charge in [-0.3, -0.25) is 9.69 Å². The molecule has 0 aromatic rings. The molecule has 8 heteroatoms. The van der Waals surface area contributed by atoms with Gasteiger partial charge in [0, 0.05) is 0 Å². The molecule has 1 fully saturated rings. The van der Waals surface area contributed by atoms with Crippen molar-refractivity contribution in [2.75, 3.05) is 26.2 Å². The summed E-state index contributed by atoms with van der Waals surface area (Å²) >= 11 is 0. The monoisotopic (exact) mass is 256 g/mol. The van der Waals surface area contributed by atoms with Gasteiger partial charge in [-0.25, -0.2) is 4.79 Å². The van der Waals surface area contributed by atoms with Gasteiger partial charge in [0.15, 0.2) is 5.78 Å². The predicted molar refractivity (Wildman–Crippen MR) is 53.4 cm³/mol. The number of carbonyl (C=O) groups is 2. The van der Waals surface area contributed by atoms with E-state index in [1.54, 1.807) is 0 Å². The summed E-state index contributed by atoms with van der Waals surface area (Å²) in [6, 6.07) is 0. The number of carboxylic acid groups (broad SMARTS) is 1. The van der Waals surface area contributed by atoms with Gasteiger partial charge in [0.1, 0.15) is 0 Å². The molecule has 100 valence electrons. The van der Waals surface area contributed by atoms with E-state index in [1.807, 2.05) is 0 Å². The van der Waals surface area contributed by atoms with Crippen LogP contribution < -0.4 is 5.73 Å². The molecule has 0 radical (unpaired) electrons. The molecule has 0 unspecified atom stereocenters. The third-order valence-corrected chi connectivity index (χ3v) is 2.07. The Morgan fingerprint density at radius 3 is 1.94 bits per heavy atom. The van der Waals surface area contributed by atoms with Crippen LogP contribution in [0.25, 0.3) is 0 Å². The molecule has 0 bridgehead atoms. The summed E-state index contributed by atoms with van der Waals surface area (Å²) in [5, 5.41) is 7.12. The Bertz CT molecular complexity index is 263. The van der Waals surface area contributed by atoms with E-state index >= 15 is 0 Å². The van der Waals surface area contributed by atoms with E-state index in [1.165, 1.54) is 12.8 Å². The molecule has 3 N–H and O–H groups in total. The summed E-state index contributed by atoms with van der Waals surface area (Å²) in [4.78, 5) is 21.9. The Labute approximate surface area is 96.4 Å². The highest BCUT2D eigenvalue weighted by Gasteiger charge is 2.38. The summed E-state index contributed by atoms with van der Waals surface area (Å²) in [5.41, 5.74) is 5.17. The number of rotatable bonds is 3. The maximum absolute atomic E-state index is 10.8. The highest BCUT2D eigenvalue weighted by Crippen LogP contribution is 2.13. The first kappa shape index (κ1) is 15.9. The second-order valence-electron chi connectivity index (χ2n) is 3.53. The normalized spacial score (nSPS) is 16.2. The maximum Gasteiger partial charge on any atom is 0.490 e. The van der Waals surface area contributed by atoms with Crippen molar-refractivity contribution in [1.82, 2.24) is 4.90 Å². The minimum atomic E-state index is -5.08. The smallest absolute Gasteiger partial charge is 0.475 e. The number of nitrogens with two attached hydrogens (primary N) is 1. The zero-order valence-electron chi connectivity index (χ0n) is 9.16. The first-order chi connectivity index (χ1) is 7.77. The lowest BCUT2D eigenvalue weighted by Gasteiger charge is -2.11. The van der Waals surface area contributed by atoms with Crippen molar-refractivity contribution in [3.63, 3.8) is 0 Å². The quantitative estimate of drug-likeness (QED) is 0.756. The van der Waals surface area contributed by atoms with Crippen molar-refractivity contribution in [1.29, 1.82) is 0 Å². The Morgan fingerprint density at radius 1 is 1.24 bits per heavy atom. The lowest BCUT2D eigenvalue weighted by molar-refractivity contribution is -0.192. The fraction of sp³-hybridized carbons (Fsp3) is 0.778. The fourth-order valence-corrected chi connectivity index (χ4v) is 1.25. The highest BCUT2D eigenvalue weighted by molar-refractivity contribution is 5.82. The molecule has 0 aromatic carbocycles. The molecule has 0 aliphatic carbocycles. The number of halogens is 3. The van der Waals surface area contributed by atoms with Crippen molar-refractivity contribution in [3.05, 3.63) is 0 Å². The van der Waals surface area contributed by atoms with E-state index in [9.17, 15) is 18.0 Å². The van der Waals surface area contributed by atoms with Crippen molar-refractivity contribution in [2.45, 2.75) is 19.0 Å². The van der Waals surface area contributed by atoms with Gasteiger partial charge in [0.25, 0.3) is 0 Å². The number of Topliss-reactive ketones (excluding diaryl/α,β-unsaturated/α-hetero) is 1. The van der Waals surface area contributed by atoms with E-state index in [2.05, 4.69) is 4.90 Å². The van der Waals surface area contributed by atoms with Crippen LogP contribution in [0.5, 0.6) is 0 Å². The van der Waals surface area contributed by atoms with E-state index in [0.717, 1.165) is 13.1 Å². The van der Waals surface area contributed by atoms with Gasteiger partial charge in [-0.15, -0.1) is 0 Å². The molecular formula is C9H15F3N2O3. The number of ketones is 1. The summed E-state index contributed by atoms with van der Waals surface area (Å²) in [6.45, 7) is 2.91. The number of alkyl halides is 3. The van der Waals surface area contributed by atoms with Crippen LogP contribution in [0.1, 0.15) is 12.8 Å². The van der Waals surface area contributed by atoms with Crippen LogP contribution in [0.2, 0.25) is 0 Å². The lowest BCUT2D eigenvalue weighted by Crippen LogP contribution is -2.30. The zero-order valence-corrected chi connectivity index (χ0v) is 9.16. The van der Waals surface area contributed by atoms with Crippen LogP contribution in [-0.4, -0.2) is 54.1 Å². The third kappa shape index (κ3) is 7.70. The molecule has 0 spiro atoms. The number of nitrogens with zero attached hydrogens (tertiary/aromatic N) is 1. The molecule has 1 rings (SSSR count). The van der Waals surface area contributed by atoms with Crippen LogP contribution in [0.15, 0.2) is 0 Å². The topological polar surface area (TPSA) is 83.6 Å². The van der Waals surface area contributed by atoms with E-state index in [-0.39, 0.29) is 12.3 Å². The summed E-state index contributed by atoms with van der Waals surface area (Å²) < 4.78 is 31.7. The molecule has 0 aromatic heterocycles. The average molecular weight is 256 g/mol. The summed E-state index contributed by atoms with van der Waals surface area (Å²) in [6.07, 6.45) is -2.62. The van der Waals surface area contributed by atoms with E-state index in [4.69, 9.17) is 15.6 Å². The summed E-state index contributed by atoms with van der Waals surface area (Å²) in [7, 11) is 0. The number of hydrogen-bond donors (Lipinski definition) is 2. The second kappa shape index (κ2) is 7.23. The van der Waals surface area contributed by atoms with Crippen molar-refractivity contribution in [3.8, 4) is 0 Å². The van der Waals surface area contributed by atoms with Crippen LogP contribution in [0, 0.1) is 0 Å². The molecule has 1 aliphatic heterocycles. The average Bonchev–Trinajstić information content (AvgIpc) is 2.69. The molecule has 0 atom stereocenters. The number of hydrogen-bond acceptors (Lipinski definition) is 4. The van der Waals surface area contributed by atoms with Crippen LogP contribution in [0.3, 0.4) is 0 Å².